The summed E-state index contributed by atoms with van der Waals surface area (Å²) in [5, 5.41) is 0.687. The number of rotatable bonds is 4. The fourth-order valence-corrected chi connectivity index (χ4v) is 3.28. The molecule has 0 fully saturated rings. The van der Waals surface area contributed by atoms with Gasteiger partial charge >= 0.3 is 0 Å². The van der Waals surface area contributed by atoms with E-state index in [1.165, 1.54) is 36.4 Å². The molecule has 0 N–H and O–H groups in total. The predicted octanol–water partition coefficient (Wildman–Crippen LogP) is 4.12. The minimum absolute atomic E-state index is 0.230. The summed E-state index contributed by atoms with van der Waals surface area (Å²) in [7, 11) is -1.60. The second kappa shape index (κ2) is 6.48. The highest BCUT2D eigenvalue weighted by Gasteiger charge is 2.15. The molecule has 0 bridgehead atoms. The van der Waals surface area contributed by atoms with Gasteiger partial charge in [0.05, 0.1) is 26.5 Å². The summed E-state index contributed by atoms with van der Waals surface area (Å²) in [6.07, 6.45) is 0. The Bertz CT molecular complexity index is 671. The van der Waals surface area contributed by atoms with Crippen LogP contribution in [0.1, 0.15) is 10.4 Å². The molecule has 1 atom stereocenters. The van der Waals surface area contributed by atoms with E-state index in [-0.39, 0.29) is 11.5 Å². The van der Waals surface area contributed by atoms with Crippen LogP contribution in [0.3, 0.4) is 0 Å². The third-order valence-corrected chi connectivity index (χ3v) is 4.60. The van der Waals surface area contributed by atoms with Crippen LogP contribution in [0.2, 0.25) is 10.0 Å². The zero-order chi connectivity index (χ0) is 14.7. The number of benzene rings is 2. The van der Waals surface area contributed by atoms with Crippen molar-refractivity contribution in [3.63, 3.8) is 0 Å². The molecule has 2 aromatic carbocycles. The molecular formula is C14H9Cl2FO2S. The molecule has 1 unspecified atom stereocenters. The molecule has 0 aliphatic heterocycles. The van der Waals surface area contributed by atoms with Crippen LogP contribution < -0.4 is 0 Å². The summed E-state index contributed by atoms with van der Waals surface area (Å²) in [5.41, 5.74) is 0.304. The maximum atomic E-state index is 12.8. The van der Waals surface area contributed by atoms with Crippen molar-refractivity contribution < 1.29 is 13.4 Å². The summed E-state index contributed by atoms with van der Waals surface area (Å²) in [6.45, 7) is 0. The van der Waals surface area contributed by atoms with Crippen LogP contribution in [0.25, 0.3) is 0 Å². The number of hydrogen-bond acceptors (Lipinski definition) is 2. The molecule has 2 aromatic rings. The number of carbonyl (C=O) groups is 1. The molecule has 0 saturated carbocycles. The van der Waals surface area contributed by atoms with Crippen LogP contribution in [0.4, 0.5) is 4.39 Å². The Kier molecular flexibility index (Phi) is 4.91. The second-order valence-corrected chi connectivity index (χ2v) is 6.26. The Morgan fingerprint density at radius 2 is 1.75 bits per heavy atom. The van der Waals surface area contributed by atoms with Crippen molar-refractivity contribution in [1.82, 2.24) is 0 Å². The monoisotopic (exact) mass is 330 g/mol. The first kappa shape index (κ1) is 15.2. The zero-order valence-electron chi connectivity index (χ0n) is 10.1. The quantitative estimate of drug-likeness (QED) is 0.790. The number of carbonyl (C=O) groups excluding carboxylic acids is 1. The van der Waals surface area contributed by atoms with Crippen molar-refractivity contribution in [2.45, 2.75) is 4.90 Å². The second-order valence-electron chi connectivity index (χ2n) is 3.99. The fraction of sp³-hybridized carbons (Fsp3) is 0.0714. The highest BCUT2D eigenvalue weighted by atomic mass is 35.5. The van der Waals surface area contributed by atoms with Crippen molar-refractivity contribution >= 4 is 39.8 Å². The fourth-order valence-electron chi connectivity index (χ4n) is 1.57. The van der Waals surface area contributed by atoms with Crippen LogP contribution in [-0.4, -0.2) is 15.7 Å². The van der Waals surface area contributed by atoms with Crippen molar-refractivity contribution in [1.29, 1.82) is 0 Å². The number of ketones is 1. The van der Waals surface area contributed by atoms with Crippen molar-refractivity contribution in [3.05, 3.63) is 63.9 Å². The Hall–Kier alpha value is -1.23. The van der Waals surface area contributed by atoms with Gasteiger partial charge in [-0.05, 0) is 42.5 Å². The number of hydrogen-bond donors (Lipinski definition) is 0. The molecule has 2 nitrogen and oxygen atoms in total. The van der Waals surface area contributed by atoms with Gasteiger partial charge in [-0.15, -0.1) is 0 Å². The maximum Gasteiger partial charge on any atom is 0.175 e. The normalized spacial score (nSPS) is 12.2. The van der Waals surface area contributed by atoms with Gasteiger partial charge in [0.15, 0.2) is 5.78 Å². The summed E-state index contributed by atoms with van der Waals surface area (Å²) >= 11 is 11.7. The Labute approximate surface area is 128 Å². The molecule has 6 heteroatoms. The Morgan fingerprint density at radius 3 is 2.40 bits per heavy atom. The molecular weight excluding hydrogens is 322 g/mol. The summed E-state index contributed by atoms with van der Waals surface area (Å²) in [4.78, 5) is 12.3. The first-order valence-corrected chi connectivity index (χ1v) is 7.67. The lowest BCUT2D eigenvalue weighted by molar-refractivity contribution is 0.102. The molecule has 0 spiro atoms. The lowest BCUT2D eigenvalue weighted by Gasteiger charge is -2.05. The molecule has 0 aliphatic carbocycles. The van der Waals surface area contributed by atoms with Gasteiger partial charge in [-0.25, -0.2) is 4.39 Å². The van der Waals surface area contributed by atoms with E-state index in [4.69, 9.17) is 23.2 Å². The predicted molar refractivity (Wildman–Crippen MR) is 78.5 cm³/mol. The molecule has 0 aromatic heterocycles. The topological polar surface area (TPSA) is 34.1 Å². The van der Waals surface area contributed by atoms with E-state index < -0.39 is 16.6 Å². The lowest BCUT2D eigenvalue weighted by Crippen LogP contribution is -2.11. The van der Waals surface area contributed by atoms with E-state index in [1.807, 2.05) is 0 Å². The van der Waals surface area contributed by atoms with Crippen molar-refractivity contribution in [2.24, 2.45) is 0 Å². The summed E-state index contributed by atoms with van der Waals surface area (Å²) < 4.78 is 24.9. The molecule has 20 heavy (non-hydrogen) atoms. The molecule has 2 rings (SSSR count). The van der Waals surface area contributed by atoms with E-state index >= 15 is 0 Å². The minimum Gasteiger partial charge on any atom is -0.293 e. The third kappa shape index (κ3) is 3.66. The molecule has 0 amide bonds. The first-order chi connectivity index (χ1) is 9.47. The van der Waals surface area contributed by atoms with Gasteiger partial charge in [-0.1, -0.05) is 23.2 Å². The molecule has 0 aliphatic rings. The van der Waals surface area contributed by atoms with Gasteiger partial charge in [0, 0.05) is 10.6 Å². The Balaban J connectivity index is 2.17. The van der Waals surface area contributed by atoms with Gasteiger partial charge in [0.1, 0.15) is 5.82 Å². The van der Waals surface area contributed by atoms with E-state index in [0.29, 0.717) is 20.5 Å². The minimum atomic E-state index is -1.60. The SMILES string of the molecule is O=C(CS(=O)c1cc(Cl)ccc1Cl)c1ccc(F)cc1. The van der Waals surface area contributed by atoms with Crippen LogP contribution in [0, 0.1) is 5.82 Å². The third-order valence-electron chi connectivity index (χ3n) is 2.57. The standard InChI is InChI=1S/C14H9Cl2FO2S/c15-10-3-6-12(16)14(7-10)20(19)8-13(18)9-1-4-11(17)5-2-9/h1-7H,8H2. The summed E-state index contributed by atoms with van der Waals surface area (Å²) in [5.74, 6) is -1.01. The smallest absolute Gasteiger partial charge is 0.175 e. The number of Topliss-reactive ketones (excluding diaryl/α,β-unsaturated/α-hetero) is 1. The van der Waals surface area contributed by atoms with E-state index in [2.05, 4.69) is 0 Å². The van der Waals surface area contributed by atoms with Crippen LogP contribution in [0.5, 0.6) is 0 Å². The van der Waals surface area contributed by atoms with Crippen LogP contribution >= 0.6 is 23.2 Å². The highest BCUT2D eigenvalue weighted by Crippen LogP contribution is 2.24. The van der Waals surface area contributed by atoms with Crippen LogP contribution in [-0.2, 0) is 10.8 Å². The highest BCUT2D eigenvalue weighted by molar-refractivity contribution is 7.86. The van der Waals surface area contributed by atoms with E-state index in [9.17, 15) is 13.4 Å². The Morgan fingerprint density at radius 1 is 1.10 bits per heavy atom. The van der Waals surface area contributed by atoms with Gasteiger partial charge in [0.25, 0.3) is 0 Å². The van der Waals surface area contributed by atoms with E-state index in [1.54, 1.807) is 6.07 Å². The maximum absolute atomic E-state index is 12.8. The van der Waals surface area contributed by atoms with Gasteiger partial charge in [-0.3, -0.25) is 9.00 Å². The number of halogens is 3. The van der Waals surface area contributed by atoms with Gasteiger partial charge in [-0.2, -0.15) is 0 Å². The van der Waals surface area contributed by atoms with Crippen molar-refractivity contribution in [2.75, 3.05) is 5.75 Å². The van der Waals surface area contributed by atoms with E-state index in [0.717, 1.165) is 0 Å². The molecule has 104 valence electrons. The zero-order valence-corrected chi connectivity index (χ0v) is 12.4. The molecule has 0 saturated heterocycles. The molecule has 0 heterocycles. The van der Waals surface area contributed by atoms with Gasteiger partial charge < -0.3 is 0 Å². The lowest BCUT2D eigenvalue weighted by atomic mass is 10.1. The molecule has 0 radical (unpaired) electrons. The van der Waals surface area contributed by atoms with Crippen LogP contribution in [0.15, 0.2) is 47.4 Å². The average Bonchev–Trinajstić information content (AvgIpc) is 2.42. The van der Waals surface area contributed by atoms with Crippen molar-refractivity contribution in [3.8, 4) is 0 Å². The van der Waals surface area contributed by atoms with Gasteiger partial charge in [0.2, 0.25) is 0 Å². The largest absolute Gasteiger partial charge is 0.293 e. The average molecular weight is 331 g/mol. The first-order valence-electron chi connectivity index (χ1n) is 5.59. The summed E-state index contributed by atoms with van der Waals surface area (Å²) in [6, 6.07) is 9.65.